The molecule has 8 heteroatoms. The van der Waals surface area contributed by atoms with E-state index in [0.717, 1.165) is 12.8 Å². The number of likely N-dealkylation sites (tertiary alicyclic amines) is 1. The van der Waals surface area contributed by atoms with Crippen molar-refractivity contribution in [2.24, 2.45) is 5.90 Å². The van der Waals surface area contributed by atoms with Crippen LogP contribution in [0.15, 0.2) is 6.20 Å². The number of nitrogens with zero attached hydrogens (tertiary/aromatic N) is 4. The number of amides is 1. The minimum Gasteiger partial charge on any atom is -0.444 e. The molecule has 1 saturated heterocycles. The Balaban J connectivity index is 1.86. The van der Waals surface area contributed by atoms with Crippen LogP contribution in [0.3, 0.4) is 0 Å². The fourth-order valence-corrected chi connectivity index (χ4v) is 2.28. The highest BCUT2D eigenvalue weighted by atomic mass is 16.6. The van der Waals surface area contributed by atoms with Crippen molar-refractivity contribution < 1.29 is 14.4 Å². The molecule has 0 radical (unpaired) electrons. The Morgan fingerprint density at radius 2 is 2.10 bits per heavy atom. The van der Waals surface area contributed by atoms with Crippen LogP contribution in [0.5, 0.6) is 0 Å². The van der Waals surface area contributed by atoms with E-state index in [4.69, 9.17) is 10.6 Å². The lowest BCUT2D eigenvalue weighted by Gasteiger charge is -2.33. The average molecular weight is 297 g/mol. The Hall–Kier alpha value is -1.67. The zero-order chi connectivity index (χ0) is 15.5. The molecule has 1 aliphatic rings. The molecule has 0 aromatic carbocycles. The van der Waals surface area contributed by atoms with Gasteiger partial charge in [-0.25, -0.2) is 15.4 Å². The highest BCUT2D eigenvalue weighted by Gasteiger charge is 2.27. The van der Waals surface area contributed by atoms with E-state index in [1.807, 2.05) is 31.6 Å². The monoisotopic (exact) mass is 297 g/mol. The minimum absolute atomic E-state index is 0.239. The van der Waals surface area contributed by atoms with Crippen molar-refractivity contribution in [3.05, 3.63) is 11.9 Å². The summed E-state index contributed by atoms with van der Waals surface area (Å²) in [4.78, 5) is 18.3. The van der Waals surface area contributed by atoms with Gasteiger partial charge in [-0.05, 0) is 33.6 Å². The van der Waals surface area contributed by atoms with Gasteiger partial charge in [0.2, 0.25) is 0 Å². The van der Waals surface area contributed by atoms with Gasteiger partial charge in [-0.15, -0.1) is 5.10 Å². The smallest absolute Gasteiger partial charge is 0.410 e. The molecule has 2 rings (SSSR count). The number of carbonyl (C=O) groups excluding carboxylic acids is 1. The van der Waals surface area contributed by atoms with E-state index in [9.17, 15) is 4.79 Å². The summed E-state index contributed by atoms with van der Waals surface area (Å²) in [5.74, 6) is 5.02. The van der Waals surface area contributed by atoms with E-state index in [0.29, 0.717) is 18.8 Å². The Labute approximate surface area is 124 Å². The van der Waals surface area contributed by atoms with E-state index in [1.54, 1.807) is 4.90 Å². The maximum atomic E-state index is 12.0. The van der Waals surface area contributed by atoms with Gasteiger partial charge in [-0.2, -0.15) is 0 Å². The van der Waals surface area contributed by atoms with Crippen molar-refractivity contribution in [3.63, 3.8) is 0 Å². The van der Waals surface area contributed by atoms with E-state index in [1.165, 1.54) is 0 Å². The quantitative estimate of drug-likeness (QED) is 0.843. The molecular weight excluding hydrogens is 274 g/mol. The van der Waals surface area contributed by atoms with Crippen molar-refractivity contribution in [2.45, 2.75) is 51.9 Å². The number of hydrogen-bond acceptors (Lipinski definition) is 6. The van der Waals surface area contributed by atoms with Gasteiger partial charge >= 0.3 is 6.09 Å². The lowest BCUT2D eigenvalue weighted by molar-refractivity contribution is 0.0184. The second-order valence-corrected chi connectivity index (χ2v) is 6.20. The normalized spacial score (nSPS) is 17.0. The molecule has 1 aliphatic heterocycles. The summed E-state index contributed by atoms with van der Waals surface area (Å²) >= 11 is 0. The SMILES string of the molecule is CC(C)(C)OC(=O)N1CCC(n2cc(CON)nn2)CC1. The van der Waals surface area contributed by atoms with Crippen molar-refractivity contribution in [3.8, 4) is 0 Å². The van der Waals surface area contributed by atoms with Crippen LogP contribution in [0.4, 0.5) is 4.79 Å². The largest absolute Gasteiger partial charge is 0.444 e. The van der Waals surface area contributed by atoms with Gasteiger partial charge in [0.25, 0.3) is 0 Å². The molecule has 118 valence electrons. The molecule has 2 heterocycles. The van der Waals surface area contributed by atoms with Crippen LogP contribution < -0.4 is 5.90 Å². The number of ether oxygens (including phenoxy) is 1. The van der Waals surface area contributed by atoms with Gasteiger partial charge in [0.05, 0.1) is 12.2 Å². The summed E-state index contributed by atoms with van der Waals surface area (Å²) in [6, 6.07) is 0.239. The van der Waals surface area contributed by atoms with Crippen LogP contribution in [-0.4, -0.2) is 44.7 Å². The van der Waals surface area contributed by atoms with Crippen molar-refractivity contribution in [1.29, 1.82) is 0 Å². The van der Waals surface area contributed by atoms with E-state index in [2.05, 4.69) is 15.1 Å². The minimum atomic E-state index is -0.461. The Bertz CT molecular complexity index is 474. The number of aromatic nitrogens is 3. The third-order valence-electron chi connectivity index (χ3n) is 3.28. The Morgan fingerprint density at radius 3 is 2.67 bits per heavy atom. The average Bonchev–Trinajstić information content (AvgIpc) is 2.86. The fraction of sp³-hybridized carbons (Fsp3) is 0.769. The van der Waals surface area contributed by atoms with Crippen molar-refractivity contribution >= 4 is 6.09 Å². The fourth-order valence-electron chi connectivity index (χ4n) is 2.28. The molecule has 1 aromatic heterocycles. The molecule has 1 fully saturated rings. The second kappa shape index (κ2) is 6.40. The van der Waals surface area contributed by atoms with E-state index >= 15 is 0 Å². The summed E-state index contributed by atoms with van der Waals surface area (Å²) in [6.07, 6.45) is 3.23. The van der Waals surface area contributed by atoms with E-state index in [-0.39, 0.29) is 18.7 Å². The zero-order valence-corrected chi connectivity index (χ0v) is 12.8. The number of carbonyl (C=O) groups is 1. The summed E-state index contributed by atoms with van der Waals surface area (Å²) < 4.78 is 7.20. The van der Waals surface area contributed by atoms with Gasteiger partial charge in [-0.1, -0.05) is 5.21 Å². The standard InChI is InChI=1S/C13H23N5O3/c1-13(2,3)21-12(19)17-6-4-11(5-7-17)18-8-10(9-20-14)15-16-18/h8,11H,4-7,9,14H2,1-3H3. The Kier molecular flexibility index (Phi) is 4.79. The molecular formula is C13H23N5O3. The number of rotatable bonds is 3. The number of hydrogen-bond donors (Lipinski definition) is 1. The van der Waals surface area contributed by atoms with E-state index < -0.39 is 5.60 Å². The first kappa shape index (κ1) is 15.7. The van der Waals surface area contributed by atoms with Crippen LogP contribution in [0.1, 0.15) is 45.3 Å². The molecule has 0 atom stereocenters. The van der Waals surface area contributed by atoms with Crippen LogP contribution in [0.2, 0.25) is 0 Å². The molecule has 0 bridgehead atoms. The lowest BCUT2D eigenvalue weighted by Crippen LogP contribution is -2.42. The first-order chi connectivity index (χ1) is 9.89. The molecule has 0 aliphatic carbocycles. The van der Waals surface area contributed by atoms with Gasteiger partial charge in [0.1, 0.15) is 17.9 Å². The molecule has 0 unspecified atom stereocenters. The predicted molar refractivity (Wildman–Crippen MR) is 75.1 cm³/mol. The van der Waals surface area contributed by atoms with Gasteiger partial charge in [0, 0.05) is 13.1 Å². The highest BCUT2D eigenvalue weighted by molar-refractivity contribution is 5.68. The molecule has 0 spiro atoms. The predicted octanol–water partition coefficient (Wildman–Crippen LogP) is 1.24. The van der Waals surface area contributed by atoms with Gasteiger partial charge < -0.3 is 9.64 Å². The molecule has 2 N–H and O–H groups in total. The molecule has 1 aromatic rings. The topological polar surface area (TPSA) is 95.5 Å². The van der Waals surface area contributed by atoms with Gasteiger partial charge in [-0.3, -0.25) is 4.84 Å². The summed E-state index contributed by atoms with van der Waals surface area (Å²) in [6.45, 7) is 7.16. The van der Waals surface area contributed by atoms with Crippen LogP contribution in [-0.2, 0) is 16.2 Å². The van der Waals surface area contributed by atoms with Crippen LogP contribution in [0.25, 0.3) is 0 Å². The first-order valence-electron chi connectivity index (χ1n) is 7.09. The van der Waals surface area contributed by atoms with Gasteiger partial charge in [0.15, 0.2) is 0 Å². The maximum Gasteiger partial charge on any atom is 0.410 e. The zero-order valence-electron chi connectivity index (χ0n) is 12.8. The third-order valence-corrected chi connectivity index (χ3v) is 3.28. The molecule has 21 heavy (non-hydrogen) atoms. The summed E-state index contributed by atoms with van der Waals surface area (Å²) in [7, 11) is 0. The maximum absolute atomic E-state index is 12.0. The van der Waals surface area contributed by atoms with Crippen molar-refractivity contribution in [2.75, 3.05) is 13.1 Å². The number of piperidine rings is 1. The number of nitrogens with two attached hydrogens (primary N) is 1. The first-order valence-corrected chi connectivity index (χ1v) is 7.09. The van der Waals surface area contributed by atoms with Crippen molar-refractivity contribution in [1.82, 2.24) is 19.9 Å². The van der Waals surface area contributed by atoms with Crippen LogP contribution >= 0.6 is 0 Å². The molecule has 8 nitrogen and oxygen atoms in total. The summed E-state index contributed by atoms with van der Waals surface area (Å²) in [5, 5.41) is 8.07. The molecule has 1 amide bonds. The Morgan fingerprint density at radius 1 is 1.43 bits per heavy atom. The van der Waals surface area contributed by atoms with Crippen LogP contribution in [0, 0.1) is 0 Å². The third kappa shape index (κ3) is 4.40. The second-order valence-electron chi connectivity index (χ2n) is 6.20. The summed E-state index contributed by atoms with van der Waals surface area (Å²) in [5.41, 5.74) is 0.240. The molecule has 0 saturated carbocycles. The highest BCUT2D eigenvalue weighted by Crippen LogP contribution is 2.23. The lowest BCUT2D eigenvalue weighted by atomic mass is 10.1.